The van der Waals surface area contributed by atoms with Crippen LogP contribution in [0.4, 0.5) is 5.69 Å². The summed E-state index contributed by atoms with van der Waals surface area (Å²) in [6.45, 7) is 1.40. The highest BCUT2D eigenvalue weighted by Gasteiger charge is 2.24. The number of hydrogen-bond donors (Lipinski definition) is 1. The Kier molecular flexibility index (Phi) is 7.45. The van der Waals surface area contributed by atoms with Crippen LogP contribution in [-0.2, 0) is 14.8 Å². The van der Waals surface area contributed by atoms with E-state index >= 15 is 0 Å². The molecule has 0 saturated carbocycles. The van der Waals surface area contributed by atoms with E-state index in [1.54, 1.807) is 18.2 Å². The third kappa shape index (κ3) is 6.38. The summed E-state index contributed by atoms with van der Waals surface area (Å²) in [7, 11) is -2.28. The third-order valence-electron chi connectivity index (χ3n) is 4.48. The lowest BCUT2D eigenvalue weighted by molar-refractivity contribution is -0.119. The number of thioether (sulfide) groups is 1. The molecule has 0 radical (unpaired) electrons. The standard InChI is InChI=1S/C21H25N3O5S2/c1-15-4-9-20(28-2)19(10-15)24(31(3,26)27)12-21(25)23-22-11-16-5-7-17(8-6-16)29-18-13-30-14-18/h4-11,18H,12-14H2,1-3H3,(H,23,25)/b22-11+. The van der Waals surface area contributed by atoms with E-state index in [0.717, 1.165) is 38.9 Å². The number of carbonyl (C=O) groups is 1. The van der Waals surface area contributed by atoms with E-state index in [0.29, 0.717) is 11.4 Å². The lowest BCUT2D eigenvalue weighted by Crippen LogP contribution is -2.39. The number of amides is 1. The van der Waals surface area contributed by atoms with Crippen LogP contribution in [0, 0.1) is 6.92 Å². The first-order valence-electron chi connectivity index (χ1n) is 9.55. The van der Waals surface area contributed by atoms with E-state index in [1.807, 2.05) is 43.0 Å². The second kappa shape index (κ2) is 10.1. The van der Waals surface area contributed by atoms with Gasteiger partial charge in [-0.3, -0.25) is 9.10 Å². The van der Waals surface area contributed by atoms with Gasteiger partial charge in [0.05, 0.1) is 25.3 Å². The summed E-state index contributed by atoms with van der Waals surface area (Å²) in [5.41, 5.74) is 4.28. The van der Waals surface area contributed by atoms with Crippen LogP contribution in [0.15, 0.2) is 47.6 Å². The number of ether oxygens (including phenoxy) is 2. The Morgan fingerprint density at radius 1 is 1.26 bits per heavy atom. The molecular formula is C21H25N3O5S2. The number of nitrogens with one attached hydrogen (secondary N) is 1. The minimum Gasteiger partial charge on any atom is -0.495 e. The number of anilines is 1. The molecule has 0 bridgehead atoms. The van der Waals surface area contributed by atoms with Crippen LogP contribution < -0.4 is 19.2 Å². The SMILES string of the molecule is COc1ccc(C)cc1N(CC(=O)N/N=C/c1ccc(OC2CSC2)cc1)S(C)(=O)=O. The van der Waals surface area contributed by atoms with Gasteiger partial charge in [-0.1, -0.05) is 6.07 Å². The fraction of sp³-hybridized carbons (Fsp3) is 0.333. The van der Waals surface area contributed by atoms with E-state index in [-0.39, 0.29) is 6.10 Å². The number of carbonyl (C=O) groups excluding carboxylic acids is 1. The smallest absolute Gasteiger partial charge is 0.260 e. The summed E-state index contributed by atoms with van der Waals surface area (Å²) in [6, 6.07) is 12.5. The molecule has 8 nitrogen and oxygen atoms in total. The highest BCUT2D eigenvalue weighted by Crippen LogP contribution is 2.30. The summed E-state index contributed by atoms with van der Waals surface area (Å²) >= 11 is 1.85. The van der Waals surface area contributed by atoms with Crippen molar-refractivity contribution in [1.29, 1.82) is 0 Å². The average Bonchev–Trinajstić information content (AvgIpc) is 2.69. The molecule has 2 aromatic carbocycles. The number of hydrogen-bond acceptors (Lipinski definition) is 7. The Bertz CT molecular complexity index is 1050. The highest BCUT2D eigenvalue weighted by atomic mass is 32.2. The van der Waals surface area contributed by atoms with E-state index in [2.05, 4.69) is 10.5 Å². The zero-order chi connectivity index (χ0) is 22.4. The Hall–Kier alpha value is -2.72. The van der Waals surface area contributed by atoms with E-state index in [1.165, 1.54) is 13.3 Å². The van der Waals surface area contributed by atoms with Crippen molar-refractivity contribution in [2.45, 2.75) is 13.0 Å². The second-order valence-corrected chi connectivity index (χ2v) is 10.1. The zero-order valence-electron chi connectivity index (χ0n) is 17.6. The molecule has 0 unspecified atom stereocenters. The predicted octanol–water partition coefficient (Wildman–Crippen LogP) is 2.41. The van der Waals surface area contributed by atoms with Gasteiger partial charge in [0.2, 0.25) is 10.0 Å². The van der Waals surface area contributed by atoms with Gasteiger partial charge in [0.15, 0.2) is 0 Å². The van der Waals surface area contributed by atoms with Gasteiger partial charge in [-0.15, -0.1) is 0 Å². The Morgan fingerprint density at radius 3 is 2.55 bits per heavy atom. The number of sulfonamides is 1. The lowest BCUT2D eigenvalue weighted by Gasteiger charge is -2.25. The molecular weight excluding hydrogens is 438 g/mol. The van der Waals surface area contributed by atoms with Crippen LogP contribution in [0.2, 0.25) is 0 Å². The lowest BCUT2D eigenvalue weighted by atomic mass is 10.2. The molecule has 1 fully saturated rings. The van der Waals surface area contributed by atoms with Crippen molar-refractivity contribution >= 4 is 39.6 Å². The molecule has 3 rings (SSSR count). The van der Waals surface area contributed by atoms with Crippen molar-refractivity contribution in [1.82, 2.24) is 5.43 Å². The van der Waals surface area contributed by atoms with Gasteiger partial charge in [0.25, 0.3) is 5.91 Å². The van der Waals surface area contributed by atoms with Crippen LogP contribution in [0.1, 0.15) is 11.1 Å². The molecule has 1 saturated heterocycles. The molecule has 0 aliphatic carbocycles. The molecule has 2 aromatic rings. The maximum Gasteiger partial charge on any atom is 0.260 e. The number of hydrazone groups is 1. The van der Waals surface area contributed by atoms with Gasteiger partial charge in [-0.05, 0) is 54.4 Å². The minimum atomic E-state index is -3.73. The first-order chi connectivity index (χ1) is 14.8. The largest absolute Gasteiger partial charge is 0.495 e. The Morgan fingerprint density at radius 2 is 1.97 bits per heavy atom. The second-order valence-electron chi connectivity index (χ2n) is 7.08. The van der Waals surface area contributed by atoms with Gasteiger partial charge in [0, 0.05) is 11.5 Å². The summed E-state index contributed by atoms with van der Waals surface area (Å²) < 4.78 is 36.7. The topological polar surface area (TPSA) is 97.3 Å². The summed E-state index contributed by atoms with van der Waals surface area (Å²) in [5, 5.41) is 3.93. The fourth-order valence-electron chi connectivity index (χ4n) is 2.83. The summed E-state index contributed by atoms with van der Waals surface area (Å²) in [6.07, 6.45) is 2.80. The maximum absolute atomic E-state index is 12.4. The maximum atomic E-state index is 12.4. The molecule has 166 valence electrons. The van der Waals surface area contributed by atoms with Crippen molar-refractivity contribution in [2.24, 2.45) is 5.10 Å². The van der Waals surface area contributed by atoms with Crippen LogP contribution in [-0.4, -0.2) is 58.1 Å². The van der Waals surface area contributed by atoms with Gasteiger partial charge < -0.3 is 9.47 Å². The van der Waals surface area contributed by atoms with Crippen LogP contribution in [0.5, 0.6) is 11.5 Å². The third-order valence-corrected chi connectivity index (χ3v) is 6.83. The highest BCUT2D eigenvalue weighted by molar-refractivity contribution is 8.00. The molecule has 0 aromatic heterocycles. The van der Waals surface area contributed by atoms with E-state index in [9.17, 15) is 13.2 Å². The quantitative estimate of drug-likeness (QED) is 0.453. The Balaban J connectivity index is 1.63. The molecule has 1 aliphatic rings. The first kappa shape index (κ1) is 23.0. The van der Waals surface area contributed by atoms with Gasteiger partial charge in [-0.25, -0.2) is 13.8 Å². The van der Waals surface area contributed by atoms with E-state index < -0.39 is 22.5 Å². The van der Waals surface area contributed by atoms with Crippen molar-refractivity contribution in [3.63, 3.8) is 0 Å². The predicted molar refractivity (Wildman–Crippen MR) is 124 cm³/mol. The van der Waals surface area contributed by atoms with Gasteiger partial charge in [0.1, 0.15) is 24.1 Å². The molecule has 0 spiro atoms. The number of nitrogens with zero attached hydrogens (tertiary/aromatic N) is 2. The fourth-order valence-corrected chi connectivity index (χ4v) is 4.24. The van der Waals surface area contributed by atoms with Crippen LogP contribution >= 0.6 is 11.8 Å². The normalized spacial score (nSPS) is 14.2. The molecule has 1 amide bonds. The monoisotopic (exact) mass is 463 g/mol. The summed E-state index contributed by atoms with van der Waals surface area (Å²) in [4.78, 5) is 12.4. The number of methoxy groups -OCH3 is 1. The zero-order valence-corrected chi connectivity index (χ0v) is 19.2. The molecule has 1 N–H and O–H groups in total. The Labute approximate surface area is 186 Å². The molecule has 10 heteroatoms. The minimum absolute atomic E-state index is 0.272. The summed E-state index contributed by atoms with van der Waals surface area (Å²) in [5.74, 6) is 2.59. The van der Waals surface area contributed by atoms with Crippen molar-refractivity contribution < 1.29 is 22.7 Å². The van der Waals surface area contributed by atoms with Gasteiger partial charge >= 0.3 is 0 Å². The van der Waals surface area contributed by atoms with Crippen molar-refractivity contribution in [3.05, 3.63) is 53.6 Å². The molecule has 1 heterocycles. The van der Waals surface area contributed by atoms with Crippen molar-refractivity contribution in [2.75, 3.05) is 35.7 Å². The van der Waals surface area contributed by atoms with Gasteiger partial charge in [-0.2, -0.15) is 16.9 Å². The first-order valence-corrected chi connectivity index (χ1v) is 12.6. The van der Waals surface area contributed by atoms with E-state index in [4.69, 9.17) is 9.47 Å². The number of benzene rings is 2. The molecule has 1 aliphatic heterocycles. The van der Waals surface area contributed by atoms with Crippen molar-refractivity contribution in [3.8, 4) is 11.5 Å². The molecule has 0 atom stereocenters. The van der Waals surface area contributed by atoms with Crippen LogP contribution in [0.3, 0.4) is 0 Å². The number of aryl methyl sites for hydroxylation is 1. The average molecular weight is 464 g/mol. The molecule has 31 heavy (non-hydrogen) atoms. The number of rotatable bonds is 9. The van der Waals surface area contributed by atoms with Crippen LogP contribution in [0.25, 0.3) is 0 Å².